The van der Waals surface area contributed by atoms with E-state index in [-0.39, 0.29) is 28.9 Å². The summed E-state index contributed by atoms with van der Waals surface area (Å²) in [6, 6.07) is 1.49. The van der Waals surface area contributed by atoms with Gasteiger partial charge in [0.1, 0.15) is 28.5 Å². The van der Waals surface area contributed by atoms with Crippen LogP contribution in [0.3, 0.4) is 0 Å². The molecule has 3 aromatic rings. The number of aryl methyl sites for hydroxylation is 1. The molecule has 1 aromatic carbocycles. The SMILES string of the molecule is Cc1nc(Cc2cc(Cl)c(F)c(C(=O)NCCC3CCOCC3)c2OC(C)C)n2ccnc(N)c12. The standard InChI is InChI=1S/C25H31ClFN5O3/c1-14(2)35-23-17(13-19-31-15(3)22-24(28)29-8-9-32(19)22)12-18(26)21(27)20(23)25(33)30-7-4-16-5-10-34-11-6-16/h8-9,12,14,16H,4-7,10-11,13H2,1-3H3,(H2,28,29)(H,30,33). The second-order valence-electron chi connectivity index (χ2n) is 9.12. The number of ether oxygens (including phenoxy) is 2. The number of nitrogens with two attached hydrogens (primary N) is 1. The first-order valence-corrected chi connectivity index (χ1v) is 12.3. The van der Waals surface area contributed by atoms with E-state index in [1.54, 1.807) is 12.4 Å². The maximum Gasteiger partial charge on any atom is 0.258 e. The third kappa shape index (κ3) is 5.51. The molecule has 3 heterocycles. The molecule has 1 aliphatic heterocycles. The molecule has 8 nitrogen and oxygen atoms in total. The number of nitrogen functional groups attached to an aromatic ring is 1. The summed E-state index contributed by atoms with van der Waals surface area (Å²) in [6.07, 6.45) is 6.05. The fourth-order valence-corrected chi connectivity index (χ4v) is 4.72. The van der Waals surface area contributed by atoms with Crippen molar-refractivity contribution >= 4 is 28.8 Å². The first-order valence-electron chi connectivity index (χ1n) is 11.9. The zero-order valence-corrected chi connectivity index (χ0v) is 21.0. The largest absolute Gasteiger partial charge is 0.490 e. The quantitative estimate of drug-likeness (QED) is 0.474. The van der Waals surface area contributed by atoms with Gasteiger partial charge in [-0.15, -0.1) is 0 Å². The molecule has 0 atom stereocenters. The maximum absolute atomic E-state index is 15.2. The van der Waals surface area contributed by atoms with Crippen LogP contribution >= 0.6 is 11.6 Å². The first kappa shape index (κ1) is 25.2. The average molecular weight is 504 g/mol. The lowest BCUT2D eigenvalue weighted by Crippen LogP contribution is -2.29. The minimum Gasteiger partial charge on any atom is -0.490 e. The molecule has 188 valence electrons. The van der Waals surface area contributed by atoms with Crippen LogP contribution in [0.15, 0.2) is 18.5 Å². The minimum absolute atomic E-state index is 0.149. The number of hydrogen-bond donors (Lipinski definition) is 2. The van der Waals surface area contributed by atoms with Crippen molar-refractivity contribution in [3.8, 4) is 5.75 Å². The number of anilines is 1. The Morgan fingerprint density at radius 1 is 1.40 bits per heavy atom. The van der Waals surface area contributed by atoms with Crippen LogP contribution in [0.1, 0.15) is 60.5 Å². The number of fused-ring (bicyclic) bond motifs is 1. The molecule has 0 spiro atoms. The molecule has 10 heteroatoms. The Labute approximate surface area is 209 Å². The summed E-state index contributed by atoms with van der Waals surface area (Å²) in [7, 11) is 0. The van der Waals surface area contributed by atoms with Crippen molar-refractivity contribution in [1.29, 1.82) is 0 Å². The van der Waals surface area contributed by atoms with Gasteiger partial charge in [-0.05, 0) is 52.0 Å². The Hall–Kier alpha value is -2.91. The number of carbonyl (C=O) groups excluding carboxylic acids is 1. The van der Waals surface area contributed by atoms with E-state index in [4.69, 9.17) is 26.8 Å². The zero-order chi connectivity index (χ0) is 25.1. The van der Waals surface area contributed by atoms with Gasteiger partial charge in [0.05, 0.1) is 16.8 Å². The minimum atomic E-state index is -0.799. The molecule has 0 saturated carbocycles. The zero-order valence-electron chi connectivity index (χ0n) is 20.2. The summed E-state index contributed by atoms with van der Waals surface area (Å²) in [6.45, 7) is 7.40. The van der Waals surface area contributed by atoms with E-state index in [0.29, 0.717) is 35.2 Å². The van der Waals surface area contributed by atoms with Crippen LogP contribution in [0.5, 0.6) is 5.75 Å². The highest BCUT2D eigenvalue weighted by Gasteiger charge is 2.27. The van der Waals surface area contributed by atoms with Gasteiger partial charge in [0, 0.05) is 44.1 Å². The van der Waals surface area contributed by atoms with Crippen molar-refractivity contribution in [1.82, 2.24) is 19.7 Å². The van der Waals surface area contributed by atoms with E-state index in [0.717, 1.165) is 38.2 Å². The Bertz CT molecular complexity index is 1220. The summed E-state index contributed by atoms with van der Waals surface area (Å²) in [5.74, 6) is 0.313. The molecule has 1 amide bonds. The molecular formula is C25H31ClFN5O3. The first-order chi connectivity index (χ1) is 16.8. The van der Waals surface area contributed by atoms with Gasteiger partial charge in [-0.3, -0.25) is 9.20 Å². The number of nitrogens with zero attached hydrogens (tertiary/aromatic N) is 3. The van der Waals surface area contributed by atoms with Crippen molar-refractivity contribution in [3.63, 3.8) is 0 Å². The van der Waals surface area contributed by atoms with Crippen molar-refractivity contribution < 1.29 is 18.7 Å². The van der Waals surface area contributed by atoms with E-state index in [9.17, 15) is 4.79 Å². The molecule has 4 rings (SSSR count). The molecule has 0 aliphatic carbocycles. The number of nitrogens with one attached hydrogen (secondary N) is 1. The molecule has 1 saturated heterocycles. The van der Waals surface area contributed by atoms with Crippen LogP contribution in [0.4, 0.5) is 10.2 Å². The average Bonchev–Trinajstić information content (AvgIpc) is 3.14. The number of imidazole rings is 1. The number of halogens is 2. The summed E-state index contributed by atoms with van der Waals surface area (Å²) in [5, 5.41) is 2.71. The van der Waals surface area contributed by atoms with Crippen LogP contribution in [-0.2, 0) is 11.2 Å². The number of rotatable bonds is 8. The Morgan fingerprint density at radius 3 is 2.86 bits per heavy atom. The van der Waals surface area contributed by atoms with Crippen molar-refractivity contribution in [2.45, 2.75) is 52.6 Å². The Kier molecular flexibility index (Phi) is 7.76. The normalized spacial score (nSPS) is 14.6. The van der Waals surface area contributed by atoms with Gasteiger partial charge < -0.3 is 20.5 Å². The van der Waals surface area contributed by atoms with E-state index in [2.05, 4.69) is 15.3 Å². The summed E-state index contributed by atoms with van der Waals surface area (Å²) in [4.78, 5) is 21.9. The number of amides is 1. The van der Waals surface area contributed by atoms with Gasteiger partial charge in [-0.2, -0.15) is 0 Å². The van der Waals surface area contributed by atoms with Crippen molar-refractivity contribution in [2.24, 2.45) is 5.92 Å². The van der Waals surface area contributed by atoms with Crippen LogP contribution in [-0.4, -0.2) is 46.1 Å². The Morgan fingerprint density at radius 2 is 2.14 bits per heavy atom. The molecule has 2 aromatic heterocycles. The topological polar surface area (TPSA) is 104 Å². The van der Waals surface area contributed by atoms with Gasteiger partial charge in [0.2, 0.25) is 0 Å². The monoisotopic (exact) mass is 503 g/mol. The van der Waals surface area contributed by atoms with Crippen molar-refractivity contribution in [3.05, 3.63) is 51.9 Å². The molecule has 0 unspecified atom stereocenters. The lowest BCUT2D eigenvalue weighted by atomic mass is 9.96. The van der Waals surface area contributed by atoms with Crippen LogP contribution < -0.4 is 15.8 Å². The highest BCUT2D eigenvalue weighted by atomic mass is 35.5. The number of aromatic nitrogens is 3. The Balaban J connectivity index is 1.66. The van der Waals surface area contributed by atoms with E-state index < -0.39 is 11.7 Å². The van der Waals surface area contributed by atoms with E-state index in [1.807, 2.05) is 25.2 Å². The predicted molar refractivity (Wildman–Crippen MR) is 133 cm³/mol. The van der Waals surface area contributed by atoms with Gasteiger partial charge in [0.25, 0.3) is 5.91 Å². The molecule has 1 aliphatic rings. The van der Waals surface area contributed by atoms with Gasteiger partial charge in [0.15, 0.2) is 5.82 Å². The lowest BCUT2D eigenvalue weighted by molar-refractivity contribution is 0.0635. The molecule has 3 N–H and O–H groups in total. The number of hydrogen-bond acceptors (Lipinski definition) is 6. The third-order valence-corrected chi connectivity index (χ3v) is 6.46. The second kappa shape index (κ2) is 10.8. The van der Waals surface area contributed by atoms with Crippen LogP contribution in [0.2, 0.25) is 5.02 Å². The van der Waals surface area contributed by atoms with Crippen LogP contribution in [0, 0.1) is 18.7 Å². The smallest absolute Gasteiger partial charge is 0.258 e. The number of benzene rings is 1. The lowest BCUT2D eigenvalue weighted by Gasteiger charge is -2.22. The van der Waals surface area contributed by atoms with Crippen LogP contribution in [0.25, 0.3) is 5.52 Å². The highest BCUT2D eigenvalue weighted by molar-refractivity contribution is 6.31. The number of carbonyl (C=O) groups is 1. The van der Waals surface area contributed by atoms with Gasteiger partial charge in [-0.1, -0.05) is 11.6 Å². The molecule has 35 heavy (non-hydrogen) atoms. The van der Waals surface area contributed by atoms with E-state index in [1.165, 1.54) is 6.07 Å². The highest BCUT2D eigenvalue weighted by Crippen LogP contribution is 2.35. The van der Waals surface area contributed by atoms with E-state index >= 15 is 4.39 Å². The fourth-order valence-electron chi connectivity index (χ4n) is 4.49. The third-order valence-electron chi connectivity index (χ3n) is 6.19. The second-order valence-corrected chi connectivity index (χ2v) is 9.53. The van der Waals surface area contributed by atoms with Gasteiger partial charge in [-0.25, -0.2) is 14.4 Å². The van der Waals surface area contributed by atoms with Gasteiger partial charge >= 0.3 is 0 Å². The summed E-state index contributed by atoms with van der Waals surface area (Å²) < 4.78 is 28.5. The predicted octanol–water partition coefficient (Wildman–Crippen LogP) is 4.34. The fraction of sp³-hybridized carbons (Fsp3) is 0.480. The molecular weight excluding hydrogens is 473 g/mol. The maximum atomic E-state index is 15.2. The van der Waals surface area contributed by atoms with Crippen molar-refractivity contribution in [2.75, 3.05) is 25.5 Å². The molecule has 0 radical (unpaired) electrons. The molecule has 0 bridgehead atoms. The summed E-state index contributed by atoms with van der Waals surface area (Å²) in [5.41, 5.74) is 7.83. The summed E-state index contributed by atoms with van der Waals surface area (Å²) >= 11 is 6.26. The molecule has 1 fully saturated rings.